The largest absolute Gasteiger partial charge is 0.462 e. The fraction of sp³-hybridized carbons (Fsp3) is 0.778. The molecule has 0 saturated carbocycles. The van der Waals surface area contributed by atoms with Gasteiger partial charge in [0.25, 0.3) is 0 Å². The zero-order valence-corrected chi connectivity index (χ0v) is 6.91. The van der Waals surface area contributed by atoms with Gasteiger partial charge in [-0.1, -0.05) is 0 Å². The highest BCUT2D eigenvalue weighted by molar-refractivity contribution is 5.99. The fourth-order valence-corrected chi connectivity index (χ4v) is 1.95. The van der Waals surface area contributed by atoms with Gasteiger partial charge in [-0.3, -0.25) is 9.59 Å². The standard InChI is InChI=1S/C9H12O3/c10-8-5-4-6-2-1-3-7(8)9(11)12-6/h6-7H,1-5H2/t6-,7+/m0/s1. The molecule has 2 aliphatic heterocycles. The van der Waals surface area contributed by atoms with Crippen LogP contribution in [0.5, 0.6) is 0 Å². The summed E-state index contributed by atoms with van der Waals surface area (Å²) in [5, 5.41) is 0. The maximum atomic E-state index is 11.3. The number of carbonyl (C=O) groups excluding carboxylic acids is 2. The molecule has 0 aromatic carbocycles. The van der Waals surface area contributed by atoms with E-state index in [1.54, 1.807) is 0 Å². The van der Waals surface area contributed by atoms with E-state index in [0.717, 1.165) is 19.3 Å². The van der Waals surface area contributed by atoms with Crippen molar-refractivity contribution in [3.05, 3.63) is 0 Å². The fourth-order valence-electron chi connectivity index (χ4n) is 1.95. The van der Waals surface area contributed by atoms with Crippen LogP contribution in [-0.2, 0) is 14.3 Å². The minimum absolute atomic E-state index is 0.0222. The average molecular weight is 168 g/mol. The van der Waals surface area contributed by atoms with E-state index in [9.17, 15) is 9.59 Å². The summed E-state index contributed by atoms with van der Waals surface area (Å²) < 4.78 is 5.15. The van der Waals surface area contributed by atoms with E-state index in [0.29, 0.717) is 12.8 Å². The normalized spacial score (nSPS) is 35.7. The molecular formula is C9H12O3. The van der Waals surface area contributed by atoms with Gasteiger partial charge in [0.15, 0.2) is 0 Å². The molecule has 2 saturated heterocycles. The van der Waals surface area contributed by atoms with E-state index >= 15 is 0 Å². The van der Waals surface area contributed by atoms with Crippen molar-refractivity contribution in [2.45, 2.75) is 38.2 Å². The lowest BCUT2D eigenvalue weighted by Gasteiger charge is -2.11. The highest BCUT2D eigenvalue weighted by atomic mass is 16.5. The van der Waals surface area contributed by atoms with Gasteiger partial charge in [-0.25, -0.2) is 0 Å². The second-order valence-corrected chi connectivity index (χ2v) is 3.55. The van der Waals surface area contributed by atoms with E-state index in [1.165, 1.54) is 0 Å². The van der Waals surface area contributed by atoms with Crippen molar-refractivity contribution in [2.24, 2.45) is 5.92 Å². The number of carbonyl (C=O) groups is 2. The van der Waals surface area contributed by atoms with Crippen LogP contribution >= 0.6 is 0 Å². The van der Waals surface area contributed by atoms with Crippen LogP contribution in [0.25, 0.3) is 0 Å². The van der Waals surface area contributed by atoms with Crippen LogP contribution in [-0.4, -0.2) is 17.9 Å². The van der Waals surface area contributed by atoms with Crippen molar-refractivity contribution in [2.75, 3.05) is 0 Å². The summed E-state index contributed by atoms with van der Waals surface area (Å²) in [5.41, 5.74) is 0. The Labute approximate surface area is 71.1 Å². The predicted molar refractivity (Wildman–Crippen MR) is 41.5 cm³/mol. The van der Waals surface area contributed by atoms with Crippen LogP contribution in [0, 0.1) is 5.92 Å². The molecule has 0 N–H and O–H groups in total. The summed E-state index contributed by atoms with van der Waals surface area (Å²) in [6.07, 6.45) is 3.88. The van der Waals surface area contributed by atoms with Crippen LogP contribution in [0.15, 0.2) is 0 Å². The molecule has 66 valence electrons. The Balaban J connectivity index is 2.24. The first kappa shape index (κ1) is 7.77. The third-order valence-corrected chi connectivity index (χ3v) is 2.69. The molecule has 12 heavy (non-hydrogen) atoms. The zero-order chi connectivity index (χ0) is 8.55. The maximum absolute atomic E-state index is 11.3. The lowest BCUT2D eigenvalue weighted by Crippen LogP contribution is -2.22. The molecule has 2 heterocycles. The van der Waals surface area contributed by atoms with Gasteiger partial charge in [0.1, 0.15) is 17.8 Å². The van der Waals surface area contributed by atoms with Crippen LogP contribution in [0.1, 0.15) is 32.1 Å². The molecule has 0 amide bonds. The third-order valence-electron chi connectivity index (χ3n) is 2.69. The Morgan fingerprint density at radius 2 is 2.00 bits per heavy atom. The molecular weight excluding hydrogens is 156 g/mol. The minimum Gasteiger partial charge on any atom is -0.462 e. The summed E-state index contributed by atoms with van der Waals surface area (Å²) >= 11 is 0. The summed E-state index contributed by atoms with van der Waals surface area (Å²) in [6, 6.07) is 0. The molecule has 0 aromatic heterocycles. The van der Waals surface area contributed by atoms with Gasteiger partial charge >= 0.3 is 5.97 Å². The predicted octanol–water partition coefficient (Wildman–Crippen LogP) is 1.06. The van der Waals surface area contributed by atoms with Gasteiger partial charge in [0.2, 0.25) is 0 Å². The van der Waals surface area contributed by atoms with Gasteiger partial charge in [-0.2, -0.15) is 0 Å². The number of ketones is 1. The highest BCUT2D eigenvalue weighted by Crippen LogP contribution is 2.28. The van der Waals surface area contributed by atoms with Crippen molar-refractivity contribution in [3.8, 4) is 0 Å². The molecule has 2 fully saturated rings. The molecule has 0 aliphatic carbocycles. The molecule has 3 heteroatoms. The molecule has 0 aromatic rings. The number of Topliss-reactive ketones (excluding diaryl/α,β-unsaturated/α-hetero) is 1. The molecule has 2 bridgehead atoms. The topological polar surface area (TPSA) is 43.4 Å². The van der Waals surface area contributed by atoms with Crippen molar-refractivity contribution >= 4 is 11.8 Å². The SMILES string of the molecule is O=C1CC[C@@H]2CCC[C@H]1C(=O)O2. The van der Waals surface area contributed by atoms with Gasteiger partial charge < -0.3 is 4.74 Å². The van der Waals surface area contributed by atoms with Crippen LogP contribution < -0.4 is 0 Å². The summed E-state index contributed by atoms with van der Waals surface area (Å²) in [7, 11) is 0. The van der Waals surface area contributed by atoms with Gasteiger partial charge in [-0.15, -0.1) is 0 Å². The van der Waals surface area contributed by atoms with Gasteiger partial charge in [0, 0.05) is 6.42 Å². The van der Waals surface area contributed by atoms with Crippen molar-refractivity contribution in [1.29, 1.82) is 0 Å². The third kappa shape index (κ3) is 1.24. The van der Waals surface area contributed by atoms with Gasteiger partial charge in [-0.05, 0) is 25.7 Å². The number of esters is 1. The van der Waals surface area contributed by atoms with E-state index in [-0.39, 0.29) is 17.9 Å². The number of fused-ring (bicyclic) bond motifs is 3. The van der Waals surface area contributed by atoms with Crippen LogP contribution in [0.2, 0.25) is 0 Å². The van der Waals surface area contributed by atoms with E-state index in [1.807, 2.05) is 0 Å². The van der Waals surface area contributed by atoms with E-state index in [4.69, 9.17) is 4.74 Å². The molecule has 2 rings (SSSR count). The van der Waals surface area contributed by atoms with E-state index < -0.39 is 5.92 Å². The zero-order valence-electron chi connectivity index (χ0n) is 6.91. The molecule has 0 spiro atoms. The van der Waals surface area contributed by atoms with Gasteiger partial charge in [0.05, 0.1) is 0 Å². The molecule has 2 aliphatic rings. The summed E-state index contributed by atoms with van der Waals surface area (Å²) in [5.74, 6) is -0.625. The quantitative estimate of drug-likeness (QED) is 0.401. The Morgan fingerprint density at radius 1 is 1.17 bits per heavy atom. The number of rotatable bonds is 0. The minimum atomic E-state index is -0.433. The number of ether oxygens (including phenoxy) is 1. The van der Waals surface area contributed by atoms with Crippen LogP contribution in [0.3, 0.4) is 0 Å². The first-order chi connectivity index (χ1) is 5.77. The molecule has 3 nitrogen and oxygen atoms in total. The average Bonchev–Trinajstić information content (AvgIpc) is 2.26. The van der Waals surface area contributed by atoms with Crippen molar-refractivity contribution in [1.82, 2.24) is 0 Å². The highest BCUT2D eigenvalue weighted by Gasteiger charge is 2.36. The maximum Gasteiger partial charge on any atom is 0.316 e. The Hall–Kier alpha value is -0.860. The molecule has 0 unspecified atom stereocenters. The summed E-state index contributed by atoms with van der Waals surface area (Å²) in [6.45, 7) is 0. The second-order valence-electron chi connectivity index (χ2n) is 3.55. The molecule has 0 radical (unpaired) electrons. The first-order valence-corrected chi connectivity index (χ1v) is 4.50. The van der Waals surface area contributed by atoms with Crippen molar-refractivity contribution < 1.29 is 14.3 Å². The summed E-state index contributed by atoms with van der Waals surface area (Å²) in [4.78, 5) is 22.6. The lowest BCUT2D eigenvalue weighted by molar-refractivity contribution is -0.152. The number of hydrogen-bond acceptors (Lipinski definition) is 3. The lowest BCUT2D eigenvalue weighted by atomic mass is 9.91. The van der Waals surface area contributed by atoms with Crippen LogP contribution in [0.4, 0.5) is 0 Å². The Bertz CT molecular complexity index is 222. The smallest absolute Gasteiger partial charge is 0.316 e. The number of hydrogen-bond donors (Lipinski definition) is 0. The van der Waals surface area contributed by atoms with E-state index in [2.05, 4.69) is 0 Å². The second kappa shape index (κ2) is 2.88. The first-order valence-electron chi connectivity index (χ1n) is 4.50. The monoisotopic (exact) mass is 168 g/mol. The Morgan fingerprint density at radius 3 is 2.83 bits per heavy atom. The Kier molecular flexibility index (Phi) is 1.87. The molecule has 2 atom stereocenters. The van der Waals surface area contributed by atoms with Crippen molar-refractivity contribution in [3.63, 3.8) is 0 Å².